The van der Waals surface area contributed by atoms with Crippen molar-refractivity contribution < 1.29 is 9.53 Å². The maximum absolute atomic E-state index is 12.5. The molecule has 21 heavy (non-hydrogen) atoms. The average Bonchev–Trinajstić information content (AvgIpc) is 2.50. The van der Waals surface area contributed by atoms with Gasteiger partial charge >= 0.3 is 0 Å². The molecule has 0 amide bonds. The van der Waals surface area contributed by atoms with Crippen LogP contribution < -0.4 is 5.73 Å². The van der Waals surface area contributed by atoms with E-state index < -0.39 is 0 Å². The Labute approximate surface area is 124 Å². The maximum Gasteiger partial charge on any atom is 0.165 e. The molecule has 0 saturated carbocycles. The van der Waals surface area contributed by atoms with E-state index in [-0.39, 0.29) is 11.9 Å². The fourth-order valence-corrected chi connectivity index (χ4v) is 2.75. The number of benzene rings is 2. The van der Waals surface area contributed by atoms with Gasteiger partial charge in [0.05, 0.1) is 12.7 Å². The van der Waals surface area contributed by atoms with E-state index in [1.54, 1.807) is 6.07 Å². The Morgan fingerprint density at radius 1 is 1.29 bits per heavy atom. The average molecular weight is 281 g/mol. The summed E-state index contributed by atoms with van der Waals surface area (Å²) in [5.41, 5.74) is 10.6. The predicted octanol–water partition coefficient (Wildman–Crippen LogP) is 3.46. The number of carbonyl (C=O) groups excluding carboxylic acids is 1. The second-order valence-electron chi connectivity index (χ2n) is 5.51. The van der Waals surface area contributed by atoms with Crippen LogP contribution in [-0.4, -0.2) is 12.4 Å². The Balaban J connectivity index is 1.81. The number of hydrogen-bond donors (Lipinski definition) is 1. The molecule has 1 unspecified atom stereocenters. The molecule has 3 heteroatoms. The SMILES string of the molecule is Cc1ccc(C(=O)CC2OCCc3ccccc32)cc1N. The molecular weight excluding hydrogens is 262 g/mol. The summed E-state index contributed by atoms with van der Waals surface area (Å²) in [7, 11) is 0. The first-order valence-electron chi connectivity index (χ1n) is 7.24. The molecule has 3 rings (SSSR count). The number of anilines is 1. The van der Waals surface area contributed by atoms with Crippen molar-refractivity contribution in [3.05, 3.63) is 64.7 Å². The van der Waals surface area contributed by atoms with Crippen LogP contribution in [0.25, 0.3) is 0 Å². The number of hydrogen-bond acceptors (Lipinski definition) is 3. The van der Waals surface area contributed by atoms with E-state index in [2.05, 4.69) is 12.1 Å². The zero-order chi connectivity index (χ0) is 14.8. The van der Waals surface area contributed by atoms with Gasteiger partial charge in [0.1, 0.15) is 0 Å². The highest BCUT2D eigenvalue weighted by Gasteiger charge is 2.23. The van der Waals surface area contributed by atoms with Crippen molar-refractivity contribution >= 4 is 11.5 Å². The lowest BCUT2D eigenvalue weighted by Crippen LogP contribution is -2.19. The summed E-state index contributed by atoms with van der Waals surface area (Å²) in [6.45, 7) is 2.61. The zero-order valence-corrected chi connectivity index (χ0v) is 12.1. The van der Waals surface area contributed by atoms with Crippen molar-refractivity contribution in [3.8, 4) is 0 Å². The van der Waals surface area contributed by atoms with Crippen LogP contribution in [-0.2, 0) is 11.2 Å². The van der Waals surface area contributed by atoms with Crippen molar-refractivity contribution in [3.63, 3.8) is 0 Å². The van der Waals surface area contributed by atoms with Crippen LogP contribution in [0.5, 0.6) is 0 Å². The lowest BCUT2D eigenvalue weighted by molar-refractivity contribution is 0.0352. The maximum atomic E-state index is 12.5. The van der Waals surface area contributed by atoms with E-state index in [1.165, 1.54) is 5.56 Å². The molecule has 0 radical (unpaired) electrons. The van der Waals surface area contributed by atoms with E-state index in [4.69, 9.17) is 10.5 Å². The van der Waals surface area contributed by atoms with E-state index >= 15 is 0 Å². The molecule has 2 aromatic carbocycles. The molecule has 1 aliphatic rings. The van der Waals surface area contributed by atoms with E-state index in [1.807, 2.05) is 31.2 Å². The minimum absolute atomic E-state index is 0.0726. The van der Waals surface area contributed by atoms with Crippen LogP contribution in [0.2, 0.25) is 0 Å². The Morgan fingerprint density at radius 3 is 2.90 bits per heavy atom. The third-order valence-corrected chi connectivity index (χ3v) is 4.06. The Hall–Kier alpha value is -2.13. The Kier molecular flexibility index (Phi) is 3.76. The smallest absolute Gasteiger partial charge is 0.165 e. The number of Topliss-reactive ketones (excluding diaryl/α,β-unsaturated/α-hetero) is 1. The van der Waals surface area contributed by atoms with E-state index in [9.17, 15) is 4.79 Å². The number of nitrogens with two attached hydrogens (primary N) is 1. The molecule has 2 aromatic rings. The lowest BCUT2D eigenvalue weighted by Gasteiger charge is -2.25. The molecule has 0 aromatic heterocycles. The van der Waals surface area contributed by atoms with Crippen molar-refractivity contribution in [2.24, 2.45) is 0 Å². The normalized spacial score (nSPS) is 17.3. The summed E-state index contributed by atoms with van der Waals surface area (Å²) in [4.78, 5) is 12.5. The van der Waals surface area contributed by atoms with Crippen molar-refractivity contribution in [2.75, 3.05) is 12.3 Å². The van der Waals surface area contributed by atoms with Gasteiger partial charge < -0.3 is 10.5 Å². The molecule has 0 fully saturated rings. The number of ether oxygens (including phenoxy) is 1. The highest BCUT2D eigenvalue weighted by Crippen LogP contribution is 2.30. The fraction of sp³-hybridized carbons (Fsp3) is 0.278. The first-order chi connectivity index (χ1) is 10.1. The Bertz CT molecular complexity index is 679. The molecule has 1 atom stereocenters. The quantitative estimate of drug-likeness (QED) is 0.692. The second-order valence-corrected chi connectivity index (χ2v) is 5.51. The van der Waals surface area contributed by atoms with Gasteiger partial charge in [0.25, 0.3) is 0 Å². The molecule has 1 heterocycles. The minimum Gasteiger partial charge on any atom is -0.398 e. The standard InChI is InChI=1S/C18H19NO2/c1-12-6-7-14(10-16(12)19)17(20)11-18-15-5-3-2-4-13(15)8-9-21-18/h2-7,10,18H,8-9,11,19H2,1H3. The summed E-state index contributed by atoms with van der Waals surface area (Å²) in [6, 6.07) is 13.7. The number of carbonyl (C=O) groups is 1. The van der Waals surface area contributed by atoms with Gasteiger partial charge in [-0.15, -0.1) is 0 Å². The van der Waals surface area contributed by atoms with Crippen LogP contribution in [0, 0.1) is 6.92 Å². The minimum atomic E-state index is -0.148. The van der Waals surface area contributed by atoms with E-state index in [0.29, 0.717) is 24.3 Å². The molecule has 108 valence electrons. The van der Waals surface area contributed by atoms with E-state index in [0.717, 1.165) is 17.5 Å². The van der Waals surface area contributed by atoms with Crippen LogP contribution >= 0.6 is 0 Å². The molecule has 0 bridgehead atoms. The van der Waals surface area contributed by atoms with Gasteiger partial charge in [-0.1, -0.05) is 36.4 Å². The highest BCUT2D eigenvalue weighted by molar-refractivity contribution is 5.97. The monoisotopic (exact) mass is 281 g/mol. The second kappa shape index (κ2) is 5.70. The van der Waals surface area contributed by atoms with Crippen LogP contribution in [0.15, 0.2) is 42.5 Å². The zero-order valence-electron chi connectivity index (χ0n) is 12.1. The van der Waals surface area contributed by atoms with Crippen molar-refractivity contribution in [2.45, 2.75) is 25.9 Å². The molecule has 0 saturated heterocycles. The molecule has 0 aliphatic carbocycles. The summed E-state index contributed by atoms with van der Waals surface area (Å²) >= 11 is 0. The summed E-state index contributed by atoms with van der Waals surface area (Å²) in [5.74, 6) is 0.0726. The summed E-state index contributed by atoms with van der Waals surface area (Å²) in [6.07, 6.45) is 1.13. The van der Waals surface area contributed by atoms with Gasteiger partial charge in [0, 0.05) is 17.7 Å². The van der Waals surface area contributed by atoms with Crippen LogP contribution in [0.4, 0.5) is 5.69 Å². The Morgan fingerprint density at radius 2 is 2.10 bits per heavy atom. The largest absolute Gasteiger partial charge is 0.398 e. The van der Waals surface area contributed by atoms with Gasteiger partial charge in [0.2, 0.25) is 0 Å². The first kappa shape index (κ1) is 13.8. The number of fused-ring (bicyclic) bond motifs is 1. The van der Waals surface area contributed by atoms with Crippen molar-refractivity contribution in [1.29, 1.82) is 0 Å². The summed E-state index contributed by atoms with van der Waals surface area (Å²) in [5, 5.41) is 0. The third-order valence-electron chi connectivity index (χ3n) is 4.06. The molecule has 1 aliphatic heterocycles. The van der Waals surface area contributed by atoms with Gasteiger partial charge in [-0.25, -0.2) is 0 Å². The molecule has 3 nitrogen and oxygen atoms in total. The molecule has 0 spiro atoms. The van der Waals surface area contributed by atoms with Crippen LogP contribution in [0.1, 0.15) is 39.6 Å². The van der Waals surface area contributed by atoms with Crippen LogP contribution in [0.3, 0.4) is 0 Å². The topological polar surface area (TPSA) is 52.3 Å². The molecular formula is C18H19NO2. The first-order valence-corrected chi connectivity index (χ1v) is 7.24. The van der Waals surface area contributed by atoms with Crippen molar-refractivity contribution in [1.82, 2.24) is 0 Å². The summed E-state index contributed by atoms with van der Waals surface area (Å²) < 4.78 is 5.80. The number of nitrogen functional groups attached to an aromatic ring is 1. The number of aryl methyl sites for hydroxylation is 1. The number of rotatable bonds is 3. The number of ketones is 1. The lowest BCUT2D eigenvalue weighted by atomic mass is 9.93. The molecule has 2 N–H and O–H groups in total. The predicted molar refractivity (Wildman–Crippen MR) is 83.4 cm³/mol. The van der Waals surface area contributed by atoms with Gasteiger partial charge in [-0.3, -0.25) is 4.79 Å². The third kappa shape index (κ3) is 2.83. The van der Waals surface area contributed by atoms with Gasteiger partial charge in [-0.05, 0) is 36.1 Å². The van der Waals surface area contributed by atoms with Gasteiger partial charge in [-0.2, -0.15) is 0 Å². The fourth-order valence-electron chi connectivity index (χ4n) is 2.75. The highest BCUT2D eigenvalue weighted by atomic mass is 16.5. The van der Waals surface area contributed by atoms with Gasteiger partial charge in [0.15, 0.2) is 5.78 Å².